The Morgan fingerprint density at radius 2 is 1.94 bits per heavy atom. The largest absolute Gasteiger partial charge is 0.339 e. The first kappa shape index (κ1) is 16.9. The van der Waals surface area contributed by atoms with Crippen molar-refractivity contribution in [2.24, 2.45) is 11.1 Å². The topological polar surface area (TPSA) is 70.1 Å². The third kappa shape index (κ3) is 7.29. The highest BCUT2D eigenvalue weighted by atomic mass is 16.2. The lowest BCUT2D eigenvalue weighted by atomic mass is 9.87. The van der Waals surface area contributed by atoms with Crippen LogP contribution in [0.2, 0.25) is 0 Å². The Hall–Kier alpha value is -1.08. The number of carbonyl (C=O) groups is 1. The van der Waals surface area contributed by atoms with Crippen molar-refractivity contribution in [3.8, 4) is 6.07 Å². The van der Waals surface area contributed by atoms with Crippen molar-refractivity contribution in [1.29, 1.82) is 5.26 Å². The van der Waals surface area contributed by atoms with Crippen LogP contribution in [-0.4, -0.2) is 29.4 Å². The summed E-state index contributed by atoms with van der Waals surface area (Å²) in [5, 5.41) is 8.60. The molecule has 0 aromatic rings. The normalized spacial score (nSPS) is 13.2. The molecule has 4 heteroatoms. The smallest absolute Gasteiger partial charge is 0.224 e. The van der Waals surface area contributed by atoms with Gasteiger partial charge in [-0.05, 0) is 25.7 Å². The lowest BCUT2D eigenvalue weighted by molar-refractivity contribution is -0.133. The predicted molar refractivity (Wildman–Crippen MR) is 73.7 cm³/mol. The third-order valence-electron chi connectivity index (χ3n) is 2.72. The summed E-state index contributed by atoms with van der Waals surface area (Å²) in [4.78, 5) is 13.9. The molecule has 1 amide bonds. The van der Waals surface area contributed by atoms with E-state index in [0.29, 0.717) is 19.4 Å². The minimum absolute atomic E-state index is 0.0528. The van der Waals surface area contributed by atoms with E-state index < -0.39 is 0 Å². The van der Waals surface area contributed by atoms with E-state index in [0.717, 1.165) is 6.42 Å². The van der Waals surface area contributed by atoms with Gasteiger partial charge in [-0.1, -0.05) is 20.8 Å². The first-order valence-electron chi connectivity index (χ1n) is 6.59. The van der Waals surface area contributed by atoms with E-state index in [1.54, 1.807) is 4.90 Å². The summed E-state index contributed by atoms with van der Waals surface area (Å²) in [5.74, 6) is 0.0528. The third-order valence-corrected chi connectivity index (χ3v) is 2.72. The van der Waals surface area contributed by atoms with Crippen LogP contribution in [0.4, 0.5) is 0 Å². The van der Waals surface area contributed by atoms with Crippen LogP contribution in [0.15, 0.2) is 0 Å². The van der Waals surface area contributed by atoms with E-state index in [-0.39, 0.29) is 23.4 Å². The summed E-state index contributed by atoms with van der Waals surface area (Å²) in [7, 11) is 0. The molecule has 0 heterocycles. The van der Waals surface area contributed by atoms with Gasteiger partial charge in [0.05, 0.1) is 12.5 Å². The van der Waals surface area contributed by atoms with Gasteiger partial charge in [-0.15, -0.1) is 0 Å². The minimum atomic E-state index is -0.110. The van der Waals surface area contributed by atoms with Crippen molar-refractivity contribution in [2.45, 2.75) is 66.0 Å². The molecule has 0 saturated carbocycles. The Balaban J connectivity index is 4.38. The summed E-state index contributed by atoms with van der Waals surface area (Å²) in [6.45, 7) is 10.8. The van der Waals surface area contributed by atoms with Crippen LogP contribution < -0.4 is 5.73 Å². The zero-order valence-electron chi connectivity index (χ0n) is 12.4. The van der Waals surface area contributed by atoms with E-state index in [9.17, 15) is 4.79 Å². The molecule has 0 fully saturated rings. The fourth-order valence-corrected chi connectivity index (χ4v) is 2.04. The summed E-state index contributed by atoms with van der Waals surface area (Å²) in [6.07, 6.45) is 1.56. The van der Waals surface area contributed by atoms with Crippen LogP contribution in [0.5, 0.6) is 0 Å². The molecule has 2 N–H and O–H groups in total. The molecule has 0 aliphatic carbocycles. The first-order valence-corrected chi connectivity index (χ1v) is 6.59. The van der Waals surface area contributed by atoms with E-state index in [1.807, 2.05) is 13.8 Å². The molecule has 0 aliphatic heterocycles. The van der Waals surface area contributed by atoms with Crippen molar-refractivity contribution in [3.05, 3.63) is 0 Å². The van der Waals surface area contributed by atoms with Crippen molar-refractivity contribution in [3.63, 3.8) is 0 Å². The molecule has 1 unspecified atom stereocenters. The van der Waals surface area contributed by atoms with Crippen molar-refractivity contribution in [2.75, 3.05) is 6.54 Å². The molecule has 0 bridgehead atoms. The van der Waals surface area contributed by atoms with Gasteiger partial charge >= 0.3 is 0 Å². The SMILES string of the molecule is CC(C)N(CCC#N)C(=O)CC(N)CC(C)(C)C. The standard InChI is InChI=1S/C14H27N3O/c1-11(2)17(8-6-7-15)13(18)9-12(16)10-14(3,4)5/h11-12H,6,8-10,16H2,1-5H3. The number of nitrogens with two attached hydrogens (primary N) is 1. The van der Waals surface area contributed by atoms with Crippen LogP contribution in [-0.2, 0) is 4.79 Å². The van der Waals surface area contributed by atoms with Crippen LogP contribution in [0.25, 0.3) is 0 Å². The van der Waals surface area contributed by atoms with E-state index in [4.69, 9.17) is 11.0 Å². The average molecular weight is 253 g/mol. The minimum Gasteiger partial charge on any atom is -0.339 e. The highest BCUT2D eigenvalue weighted by molar-refractivity contribution is 5.77. The number of nitriles is 1. The van der Waals surface area contributed by atoms with Crippen LogP contribution in [0.3, 0.4) is 0 Å². The fraction of sp³-hybridized carbons (Fsp3) is 0.857. The van der Waals surface area contributed by atoms with Gasteiger partial charge in [0.15, 0.2) is 0 Å². The Bertz CT molecular complexity index is 299. The van der Waals surface area contributed by atoms with Gasteiger partial charge in [0.1, 0.15) is 0 Å². The number of carbonyl (C=O) groups excluding carboxylic acids is 1. The van der Waals surface area contributed by atoms with Crippen LogP contribution in [0.1, 0.15) is 53.9 Å². The lowest BCUT2D eigenvalue weighted by Gasteiger charge is -2.29. The predicted octanol–water partition coefficient (Wildman–Crippen LogP) is 2.29. The summed E-state index contributed by atoms with van der Waals surface area (Å²) in [5.41, 5.74) is 6.15. The van der Waals surface area contributed by atoms with Crippen molar-refractivity contribution < 1.29 is 4.79 Å². The molecule has 18 heavy (non-hydrogen) atoms. The van der Waals surface area contributed by atoms with Gasteiger partial charge in [0.25, 0.3) is 0 Å². The lowest BCUT2D eigenvalue weighted by Crippen LogP contribution is -2.41. The summed E-state index contributed by atoms with van der Waals surface area (Å²) >= 11 is 0. The van der Waals surface area contributed by atoms with E-state index in [2.05, 4.69) is 26.8 Å². The molecule has 0 spiro atoms. The quantitative estimate of drug-likeness (QED) is 0.789. The van der Waals surface area contributed by atoms with Crippen LogP contribution in [0, 0.1) is 16.7 Å². The molecule has 0 aliphatic rings. The van der Waals surface area contributed by atoms with Gasteiger partial charge < -0.3 is 10.6 Å². The Morgan fingerprint density at radius 3 is 2.33 bits per heavy atom. The summed E-state index contributed by atoms with van der Waals surface area (Å²) < 4.78 is 0. The van der Waals surface area contributed by atoms with Crippen molar-refractivity contribution >= 4 is 5.91 Å². The second kappa shape index (κ2) is 7.38. The Morgan fingerprint density at radius 1 is 1.39 bits per heavy atom. The van der Waals surface area contributed by atoms with Gasteiger partial charge in [-0.25, -0.2) is 0 Å². The van der Waals surface area contributed by atoms with Crippen molar-refractivity contribution in [1.82, 2.24) is 4.90 Å². The second-order valence-electron chi connectivity index (χ2n) is 6.32. The molecular weight excluding hydrogens is 226 g/mol. The molecule has 0 saturated heterocycles. The maximum absolute atomic E-state index is 12.1. The van der Waals surface area contributed by atoms with E-state index in [1.165, 1.54) is 0 Å². The molecule has 104 valence electrons. The zero-order chi connectivity index (χ0) is 14.3. The van der Waals surface area contributed by atoms with Crippen LogP contribution >= 0.6 is 0 Å². The maximum Gasteiger partial charge on any atom is 0.224 e. The molecule has 0 rings (SSSR count). The zero-order valence-corrected chi connectivity index (χ0v) is 12.4. The van der Waals surface area contributed by atoms with Gasteiger partial charge in [-0.2, -0.15) is 5.26 Å². The maximum atomic E-state index is 12.1. The molecule has 0 aromatic heterocycles. The van der Waals surface area contributed by atoms with E-state index >= 15 is 0 Å². The second-order valence-corrected chi connectivity index (χ2v) is 6.32. The fourth-order valence-electron chi connectivity index (χ4n) is 2.04. The molecule has 4 nitrogen and oxygen atoms in total. The molecule has 1 atom stereocenters. The van der Waals surface area contributed by atoms with Gasteiger partial charge in [0, 0.05) is 25.0 Å². The first-order chi connectivity index (χ1) is 8.17. The number of rotatable bonds is 6. The summed E-state index contributed by atoms with van der Waals surface area (Å²) in [6, 6.07) is 2.08. The number of hydrogen-bond acceptors (Lipinski definition) is 3. The average Bonchev–Trinajstić information content (AvgIpc) is 2.14. The Labute approximate surface area is 111 Å². The Kier molecular flexibility index (Phi) is 6.93. The monoisotopic (exact) mass is 253 g/mol. The number of nitrogens with zero attached hydrogens (tertiary/aromatic N) is 2. The number of hydrogen-bond donors (Lipinski definition) is 1. The highest BCUT2D eigenvalue weighted by Crippen LogP contribution is 2.21. The molecule has 0 radical (unpaired) electrons. The highest BCUT2D eigenvalue weighted by Gasteiger charge is 2.22. The van der Waals surface area contributed by atoms with Gasteiger partial charge in [0.2, 0.25) is 5.91 Å². The van der Waals surface area contributed by atoms with Gasteiger partial charge in [-0.3, -0.25) is 4.79 Å². The molecule has 0 aromatic carbocycles. The number of amides is 1. The molecular formula is C14H27N3O.